The summed E-state index contributed by atoms with van der Waals surface area (Å²) in [7, 11) is 0. The van der Waals surface area contributed by atoms with Crippen molar-refractivity contribution >= 4 is 23.2 Å². The van der Waals surface area contributed by atoms with E-state index < -0.39 is 0 Å². The molecule has 1 aliphatic heterocycles. The minimum Gasteiger partial charge on any atom is -0.376 e. The molecule has 0 amide bonds. The summed E-state index contributed by atoms with van der Waals surface area (Å²) in [6, 6.07) is 5.53. The minimum absolute atomic E-state index is 0.495. The van der Waals surface area contributed by atoms with Crippen molar-refractivity contribution in [3.05, 3.63) is 33.8 Å². The Hall–Kier alpha value is -0.280. The van der Waals surface area contributed by atoms with Crippen LogP contribution in [0.4, 0.5) is 0 Å². The standard InChI is InChI=1S/C13H17Cl2NO/c14-12-4-1-5-13(15)11(12)9-17-8-10-3-2-6-16-7-10/h1,4-5,10,16H,2-3,6-9H2/t10-/m1/s1. The molecule has 0 bridgehead atoms. The average Bonchev–Trinajstić information content (AvgIpc) is 2.34. The van der Waals surface area contributed by atoms with Crippen LogP contribution in [0.5, 0.6) is 0 Å². The molecule has 4 heteroatoms. The van der Waals surface area contributed by atoms with Gasteiger partial charge in [0.1, 0.15) is 0 Å². The number of halogens is 2. The second kappa shape index (κ2) is 6.60. The molecule has 0 aromatic heterocycles. The zero-order valence-electron chi connectivity index (χ0n) is 9.72. The molecule has 1 aromatic carbocycles. The van der Waals surface area contributed by atoms with E-state index in [-0.39, 0.29) is 0 Å². The van der Waals surface area contributed by atoms with Gasteiger partial charge in [-0.1, -0.05) is 29.3 Å². The van der Waals surface area contributed by atoms with Crippen molar-refractivity contribution in [1.29, 1.82) is 0 Å². The van der Waals surface area contributed by atoms with Crippen LogP contribution in [0.25, 0.3) is 0 Å². The van der Waals surface area contributed by atoms with Crippen molar-refractivity contribution in [2.75, 3.05) is 19.7 Å². The summed E-state index contributed by atoms with van der Waals surface area (Å²) >= 11 is 12.1. The van der Waals surface area contributed by atoms with Gasteiger partial charge in [-0.05, 0) is 37.4 Å². The van der Waals surface area contributed by atoms with Crippen molar-refractivity contribution in [3.63, 3.8) is 0 Å². The highest BCUT2D eigenvalue weighted by Crippen LogP contribution is 2.25. The van der Waals surface area contributed by atoms with E-state index in [9.17, 15) is 0 Å². The molecule has 1 fully saturated rings. The molecule has 0 spiro atoms. The first-order valence-electron chi connectivity index (χ1n) is 5.98. The fraction of sp³-hybridized carbons (Fsp3) is 0.538. The van der Waals surface area contributed by atoms with Crippen LogP contribution < -0.4 is 5.32 Å². The zero-order valence-corrected chi connectivity index (χ0v) is 11.2. The lowest BCUT2D eigenvalue weighted by molar-refractivity contribution is 0.0784. The van der Waals surface area contributed by atoms with Gasteiger partial charge >= 0.3 is 0 Å². The van der Waals surface area contributed by atoms with Gasteiger partial charge in [0.05, 0.1) is 13.2 Å². The maximum atomic E-state index is 6.07. The predicted octanol–water partition coefficient (Wildman–Crippen LogP) is 3.51. The third-order valence-corrected chi connectivity index (χ3v) is 3.77. The zero-order chi connectivity index (χ0) is 12.1. The lowest BCUT2D eigenvalue weighted by Gasteiger charge is -2.22. The Kier molecular flexibility index (Phi) is 5.11. The maximum Gasteiger partial charge on any atom is 0.0746 e. The van der Waals surface area contributed by atoms with Crippen LogP contribution in [0, 0.1) is 5.92 Å². The van der Waals surface area contributed by atoms with Gasteiger partial charge in [-0.25, -0.2) is 0 Å². The van der Waals surface area contributed by atoms with Crippen LogP contribution in [0.1, 0.15) is 18.4 Å². The highest BCUT2D eigenvalue weighted by Gasteiger charge is 2.13. The molecule has 2 rings (SSSR count). The van der Waals surface area contributed by atoms with Crippen molar-refractivity contribution in [2.45, 2.75) is 19.4 Å². The highest BCUT2D eigenvalue weighted by atomic mass is 35.5. The summed E-state index contributed by atoms with van der Waals surface area (Å²) in [5.41, 5.74) is 0.889. The molecule has 2 nitrogen and oxygen atoms in total. The molecule has 1 aliphatic rings. The predicted molar refractivity (Wildman–Crippen MR) is 71.7 cm³/mol. The molecule has 1 saturated heterocycles. The van der Waals surface area contributed by atoms with Gasteiger partial charge in [0.15, 0.2) is 0 Å². The molecular formula is C13H17Cl2NO. The Labute approximate surface area is 112 Å². The van der Waals surface area contributed by atoms with E-state index in [1.807, 2.05) is 18.2 Å². The summed E-state index contributed by atoms with van der Waals surface area (Å²) in [4.78, 5) is 0. The molecule has 0 saturated carbocycles. The molecule has 0 aliphatic carbocycles. The Morgan fingerprint density at radius 1 is 1.29 bits per heavy atom. The quantitative estimate of drug-likeness (QED) is 0.907. The Balaban J connectivity index is 1.81. The van der Waals surface area contributed by atoms with Crippen molar-refractivity contribution in [1.82, 2.24) is 5.32 Å². The second-order valence-corrected chi connectivity index (χ2v) is 5.24. The van der Waals surface area contributed by atoms with Gasteiger partial charge in [0, 0.05) is 22.2 Å². The summed E-state index contributed by atoms with van der Waals surface area (Å²) in [6.45, 7) is 3.45. The molecule has 17 heavy (non-hydrogen) atoms. The number of ether oxygens (including phenoxy) is 1. The molecule has 94 valence electrons. The van der Waals surface area contributed by atoms with Crippen LogP contribution in [0.3, 0.4) is 0 Å². The molecule has 1 atom stereocenters. The third-order valence-electron chi connectivity index (χ3n) is 3.06. The Bertz CT molecular complexity index is 344. The van der Waals surface area contributed by atoms with Crippen LogP contribution in [0.2, 0.25) is 10.0 Å². The SMILES string of the molecule is Clc1cccc(Cl)c1COC[C@@H]1CCCNC1. The second-order valence-electron chi connectivity index (χ2n) is 4.43. The summed E-state index contributed by atoms with van der Waals surface area (Å²) in [5.74, 6) is 0.616. The maximum absolute atomic E-state index is 6.07. The van der Waals surface area contributed by atoms with E-state index in [1.165, 1.54) is 12.8 Å². The Morgan fingerprint density at radius 2 is 2.06 bits per heavy atom. The summed E-state index contributed by atoms with van der Waals surface area (Å²) in [5, 5.41) is 4.73. The van der Waals surface area contributed by atoms with Gasteiger partial charge in [-0.3, -0.25) is 0 Å². The highest BCUT2D eigenvalue weighted by molar-refractivity contribution is 6.35. The van der Waals surface area contributed by atoms with Gasteiger partial charge < -0.3 is 10.1 Å². The van der Waals surface area contributed by atoms with Gasteiger partial charge in [-0.2, -0.15) is 0 Å². The smallest absolute Gasteiger partial charge is 0.0746 e. The van der Waals surface area contributed by atoms with Crippen LogP contribution in [-0.2, 0) is 11.3 Å². The van der Waals surface area contributed by atoms with E-state index in [0.29, 0.717) is 22.6 Å². The number of piperidine rings is 1. The van der Waals surface area contributed by atoms with Crippen LogP contribution in [0.15, 0.2) is 18.2 Å². The lowest BCUT2D eigenvalue weighted by Crippen LogP contribution is -2.32. The van der Waals surface area contributed by atoms with Crippen LogP contribution in [-0.4, -0.2) is 19.7 Å². The van der Waals surface area contributed by atoms with E-state index >= 15 is 0 Å². The van der Waals surface area contributed by atoms with E-state index in [0.717, 1.165) is 25.3 Å². The number of nitrogens with one attached hydrogen (secondary N) is 1. The van der Waals surface area contributed by atoms with E-state index in [1.54, 1.807) is 0 Å². The monoisotopic (exact) mass is 273 g/mol. The van der Waals surface area contributed by atoms with Crippen LogP contribution >= 0.6 is 23.2 Å². The number of rotatable bonds is 4. The minimum atomic E-state index is 0.495. The average molecular weight is 274 g/mol. The fourth-order valence-electron chi connectivity index (χ4n) is 2.06. The molecule has 0 unspecified atom stereocenters. The summed E-state index contributed by atoms with van der Waals surface area (Å²) < 4.78 is 5.71. The fourth-order valence-corrected chi connectivity index (χ4v) is 2.57. The first kappa shape index (κ1) is 13.2. The lowest BCUT2D eigenvalue weighted by atomic mass is 10.0. The van der Waals surface area contributed by atoms with Gasteiger partial charge in [0.25, 0.3) is 0 Å². The number of benzene rings is 1. The molecule has 1 heterocycles. The molecule has 1 aromatic rings. The van der Waals surface area contributed by atoms with E-state index in [4.69, 9.17) is 27.9 Å². The normalized spacial score (nSPS) is 20.5. The van der Waals surface area contributed by atoms with Crippen molar-refractivity contribution in [3.8, 4) is 0 Å². The topological polar surface area (TPSA) is 21.3 Å². The molecular weight excluding hydrogens is 257 g/mol. The summed E-state index contributed by atoms with van der Waals surface area (Å²) in [6.07, 6.45) is 2.48. The Morgan fingerprint density at radius 3 is 2.71 bits per heavy atom. The first-order valence-corrected chi connectivity index (χ1v) is 6.74. The molecule has 0 radical (unpaired) electrons. The van der Waals surface area contributed by atoms with Gasteiger partial charge in [-0.15, -0.1) is 0 Å². The van der Waals surface area contributed by atoms with Crippen molar-refractivity contribution in [2.24, 2.45) is 5.92 Å². The number of hydrogen-bond acceptors (Lipinski definition) is 2. The largest absolute Gasteiger partial charge is 0.376 e. The van der Waals surface area contributed by atoms with Gasteiger partial charge in [0.2, 0.25) is 0 Å². The third kappa shape index (κ3) is 3.85. The van der Waals surface area contributed by atoms with E-state index in [2.05, 4.69) is 5.32 Å². The first-order chi connectivity index (χ1) is 8.27. The van der Waals surface area contributed by atoms with Crippen molar-refractivity contribution < 1.29 is 4.74 Å². The molecule has 1 N–H and O–H groups in total. The number of hydrogen-bond donors (Lipinski definition) is 1.